The third-order valence-electron chi connectivity index (χ3n) is 2.79. The second kappa shape index (κ2) is 3.55. The van der Waals surface area contributed by atoms with Gasteiger partial charge in [-0.25, -0.2) is 4.98 Å². The first-order valence-electron chi connectivity index (χ1n) is 5.20. The summed E-state index contributed by atoms with van der Waals surface area (Å²) in [6, 6.07) is 4.15. The molecule has 1 fully saturated rings. The van der Waals surface area contributed by atoms with Crippen LogP contribution in [-0.2, 0) is 4.74 Å². The lowest BCUT2D eigenvalue weighted by atomic mass is 10.2. The number of fused-ring (bicyclic) bond motifs is 1. The van der Waals surface area contributed by atoms with Crippen molar-refractivity contribution in [3.63, 3.8) is 0 Å². The molecule has 1 saturated heterocycles. The Morgan fingerprint density at radius 3 is 3.00 bits per heavy atom. The molecule has 0 aliphatic carbocycles. The Hall–Kier alpha value is -1.55. The zero-order chi connectivity index (χ0) is 10.1. The molecule has 0 unspecified atom stereocenters. The van der Waals surface area contributed by atoms with Crippen LogP contribution in [0.1, 0.15) is 0 Å². The summed E-state index contributed by atoms with van der Waals surface area (Å²) in [5.41, 5.74) is 2.21. The van der Waals surface area contributed by atoms with Crippen molar-refractivity contribution in [2.24, 2.45) is 0 Å². The molecule has 4 heteroatoms. The Bertz CT molecular complexity index is 460. The maximum atomic E-state index is 5.35. The van der Waals surface area contributed by atoms with Crippen LogP contribution < -0.4 is 4.90 Å². The van der Waals surface area contributed by atoms with E-state index in [1.807, 2.05) is 12.4 Å². The van der Waals surface area contributed by atoms with Crippen LogP contribution in [0.25, 0.3) is 11.0 Å². The Balaban J connectivity index is 2.05. The number of aromatic amines is 1. The summed E-state index contributed by atoms with van der Waals surface area (Å²) in [6.07, 6.45) is 3.78. The Morgan fingerprint density at radius 2 is 2.13 bits per heavy atom. The van der Waals surface area contributed by atoms with Crippen LogP contribution >= 0.6 is 0 Å². The molecule has 0 aromatic carbocycles. The van der Waals surface area contributed by atoms with Crippen LogP contribution in [0.5, 0.6) is 0 Å². The topological polar surface area (TPSA) is 41.1 Å². The number of hydrogen-bond acceptors (Lipinski definition) is 3. The lowest BCUT2D eigenvalue weighted by Gasteiger charge is -2.29. The fourth-order valence-electron chi connectivity index (χ4n) is 2.03. The maximum absolute atomic E-state index is 5.35. The highest BCUT2D eigenvalue weighted by Crippen LogP contribution is 2.24. The number of rotatable bonds is 1. The number of morpholine rings is 1. The van der Waals surface area contributed by atoms with Crippen molar-refractivity contribution in [3.8, 4) is 0 Å². The molecule has 2 aromatic heterocycles. The SMILES string of the molecule is c1cc(N2CCOCC2)c2cc[nH]c2n1. The molecule has 0 saturated carbocycles. The van der Waals surface area contributed by atoms with Crippen LogP contribution in [0.4, 0.5) is 5.69 Å². The first kappa shape index (κ1) is 8.73. The molecule has 1 aliphatic heterocycles. The molecule has 0 amide bonds. The quantitative estimate of drug-likeness (QED) is 0.761. The molecule has 0 atom stereocenters. The van der Waals surface area contributed by atoms with Gasteiger partial charge in [0.25, 0.3) is 0 Å². The van der Waals surface area contributed by atoms with Gasteiger partial charge in [-0.2, -0.15) is 0 Å². The average molecular weight is 203 g/mol. The van der Waals surface area contributed by atoms with E-state index < -0.39 is 0 Å². The fourth-order valence-corrected chi connectivity index (χ4v) is 2.03. The van der Waals surface area contributed by atoms with Gasteiger partial charge in [-0.1, -0.05) is 0 Å². The average Bonchev–Trinajstić information content (AvgIpc) is 2.78. The van der Waals surface area contributed by atoms with E-state index in [9.17, 15) is 0 Å². The van der Waals surface area contributed by atoms with Gasteiger partial charge in [0, 0.05) is 36.6 Å². The van der Waals surface area contributed by atoms with Gasteiger partial charge >= 0.3 is 0 Å². The summed E-state index contributed by atoms with van der Waals surface area (Å²) in [5, 5.41) is 1.19. The lowest BCUT2D eigenvalue weighted by Crippen LogP contribution is -2.36. The first-order valence-corrected chi connectivity index (χ1v) is 5.20. The molecule has 78 valence electrons. The summed E-state index contributed by atoms with van der Waals surface area (Å²) in [4.78, 5) is 9.76. The number of nitrogens with zero attached hydrogens (tertiary/aromatic N) is 2. The standard InChI is InChI=1S/C11H13N3O/c1-3-12-11-9(1)10(2-4-13-11)14-5-7-15-8-6-14/h1-4H,5-8H2,(H,12,13). The molecule has 2 aromatic rings. The van der Waals surface area contributed by atoms with Crippen molar-refractivity contribution in [2.75, 3.05) is 31.2 Å². The molecular formula is C11H13N3O. The summed E-state index contributed by atoms with van der Waals surface area (Å²) >= 11 is 0. The van der Waals surface area contributed by atoms with Gasteiger partial charge < -0.3 is 14.6 Å². The van der Waals surface area contributed by atoms with Crippen LogP contribution in [0, 0.1) is 0 Å². The normalized spacial score (nSPS) is 17.2. The van der Waals surface area contributed by atoms with Gasteiger partial charge in [0.05, 0.1) is 13.2 Å². The zero-order valence-corrected chi connectivity index (χ0v) is 8.44. The Labute approximate surface area is 87.9 Å². The monoisotopic (exact) mass is 203 g/mol. The third-order valence-corrected chi connectivity index (χ3v) is 2.79. The van der Waals surface area contributed by atoms with Gasteiger partial charge in [0.15, 0.2) is 0 Å². The molecule has 1 aliphatic rings. The summed E-state index contributed by atoms with van der Waals surface area (Å²) in [6.45, 7) is 3.55. The zero-order valence-electron chi connectivity index (χ0n) is 8.44. The molecule has 0 bridgehead atoms. The highest BCUT2D eigenvalue weighted by molar-refractivity contribution is 5.89. The van der Waals surface area contributed by atoms with Gasteiger partial charge in [-0.3, -0.25) is 0 Å². The second-order valence-corrected chi connectivity index (χ2v) is 3.67. The van der Waals surface area contributed by atoms with Crippen molar-refractivity contribution >= 4 is 16.7 Å². The number of H-pyrrole nitrogens is 1. The molecule has 1 N–H and O–H groups in total. The van der Waals surface area contributed by atoms with Gasteiger partial charge in [-0.15, -0.1) is 0 Å². The van der Waals surface area contributed by atoms with E-state index >= 15 is 0 Å². The summed E-state index contributed by atoms with van der Waals surface area (Å²) in [7, 11) is 0. The lowest BCUT2D eigenvalue weighted by molar-refractivity contribution is 0.123. The maximum Gasteiger partial charge on any atom is 0.139 e. The van der Waals surface area contributed by atoms with E-state index in [1.54, 1.807) is 0 Å². The number of ether oxygens (including phenoxy) is 1. The van der Waals surface area contributed by atoms with Crippen molar-refractivity contribution in [2.45, 2.75) is 0 Å². The van der Waals surface area contributed by atoms with E-state index in [2.05, 4.69) is 27.0 Å². The smallest absolute Gasteiger partial charge is 0.139 e. The van der Waals surface area contributed by atoms with Crippen molar-refractivity contribution < 1.29 is 4.74 Å². The van der Waals surface area contributed by atoms with E-state index in [4.69, 9.17) is 4.74 Å². The minimum absolute atomic E-state index is 0.814. The highest BCUT2D eigenvalue weighted by Gasteiger charge is 2.13. The second-order valence-electron chi connectivity index (χ2n) is 3.67. The molecule has 0 radical (unpaired) electrons. The summed E-state index contributed by atoms with van der Waals surface area (Å²) in [5.74, 6) is 0. The number of hydrogen-bond donors (Lipinski definition) is 1. The first-order chi connectivity index (χ1) is 7.45. The molecular weight excluding hydrogens is 190 g/mol. The van der Waals surface area contributed by atoms with Gasteiger partial charge in [0.1, 0.15) is 5.65 Å². The van der Waals surface area contributed by atoms with Crippen LogP contribution in [-0.4, -0.2) is 36.3 Å². The molecule has 0 spiro atoms. The van der Waals surface area contributed by atoms with Crippen molar-refractivity contribution in [1.82, 2.24) is 9.97 Å². The molecule has 3 rings (SSSR count). The molecule has 4 nitrogen and oxygen atoms in total. The van der Waals surface area contributed by atoms with Crippen LogP contribution in [0.2, 0.25) is 0 Å². The van der Waals surface area contributed by atoms with E-state index in [-0.39, 0.29) is 0 Å². The fraction of sp³-hybridized carbons (Fsp3) is 0.364. The van der Waals surface area contributed by atoms with E-state index in [0.717, 1.165) is 32.0 Å². The Kier molecular flexibility index (Phi) is 2.07. The molecule has 15 heavy (non-hydrogen) atoms. The minimum atomic E-state index is 0.814. The predicted molar refractivity (Wildman–Crippen MR) is 59.1 cm³/mol. The van der Waals surface area contributed by atoms with E-state index in [0.29, 0.717) is 0 Å². The van der Waals surface area contributed by atoms with Crippen LogP contribution in [0.3, 0.4) is 0 Å². The van der Waals surface area contributed by atoms with Crippen molar-refractivity contribution in [3.05, 3.63) is 24.5 Å². The largest absolute Gasteiger partial charge is 0.378 e. The predicted octanol–water partition coefficient (Wildman–Crippen LogP) is 1.40. The highest BCUT2D eigenvalue weighted by atomic mass is 16.5. The Morgan fingerprint density at radius 1 is 1.27 bits per heavy atom. The van der Waals surface area contributed by atoms with E-state index in [1.165, 1.54) is 11.1 Å². The number of nitrogens with one attached hydrogen (secondary N) is 1. The van der Waals surface area contributed by atoms with Gasteiger partial charge in [0.2, 0.25) is 0 Å². The number of pyridine rings is 1. The number of anilines is 1. The third kappa shape index (κ3) is 1.47. The van der Waals surface area contributed by atoms with Gasteiger partial charge in [-0.05, 0) is 12.1 Å². The van der Waals surface area contributed by atoms with Crippen LogP contribution in [0.15, 0.2) is 24.5 Å². The summed E-state index contributed by atoms with van der Waals surface area (Å²) < 4.78 is 5.35. The number of aromatic nitrogens is 2. The van der Waals surface area contributed by atoms with Crippen molar-refractivity contribution in [1.29, 1.82) is 0 Å². The minimum Gasteiger partial charge on any atom is -0.378 e. The molecule has 3 heterocycles.